The third-order valence-electron chi connectivity index (χ3n) is 5.12. The summed E-state index contributed by atoms with van der Waals surface area (Å²) in [6, 6.07) is 15.1. The van der Waals surface area contributed by atoms with Crippen molar-refractivity contribution >= 4 is 17.5 Å². The van der Waals surface area contributed by atoms with Crippen LogP contribution in [0.4, 0.5) is 5.69 Å². The maximum atomic E-state index is 13.0. The van der Waals surface area contributed by atoms with E-state index in [0.717, 1.165) is 16.8 Å². The van der Waals surface area contributed by atoms with Gasteiger partial charge in [0.2, 0.25) is 11.8 Å². The molecule has 0 bridgehead atoms. The lowest BCUT2D eigenvalue weighted by molar-refractivity contribution is -0.136. The fourth-order valence-electron chi connectivity index (χ4n) is 3.76. The van der Waals surface area contributed by atoms with Crippen LogP contribution < -0.4 is 9.64 Å². The number of carbonyl (C=O) groups is 2. The van der Waals surface area contributed by atoms with E-state index in [9.17, 15) is 9.59 Å². The summed E-state index contributed by atoms with van der Waals surface area (Å²) in [7, 11) is 5.13. The second-order valence-electron chi connectivity index (χ2n) is 7.16. The molecule has 0 spiro atoms. The SMILES string of the molecule is COc1ccccc1[C@H]1[C@@H](C(=O)N(C)C)CCC(=O)N1c1ccc(C)cc1. The minimum absolute atomic E-state index is 0.0236. The van der Waals surface area contributed by atoms with E-state index < -0.39 is 6.04 Å². The van der Waals surface area contributed by atoms with Gasteiger partial charge in [-0.3, -0.25) is 9.59 Å². The first-order valence-electron chi connectivity index (χ1n) is 9.17. The van der Waals surface area contributed by atoms with Gasteiger partial charge in [0, 0.05) is 31.8 Å². The Kier molecular flexibility index (Phi) is 5.49. The molecule has 5 nitrogen and oxygen atoms in total. The molecule has 1 aliphatic rings. The first kappa shape index (κ1) is 19.0. The summed E-state index contributed by atoms with van der Waals surface area (Å²) in [5.41, 5.74) is 2.78. The standard InChI is InChI=1S/C22H26N2O3/c1-15-9-11-16(12-10-15)24-20(25)14-13-18(22(26)23(2)3)21(24)17-7-5-6-8-19(17)27-4/h5-12,18,21H,13-14H2,1-4H3/t18-,21-/m0/s1. The highest BCUT2D eigenvalue weighted by Crippen LogP contribution is 2.43. The largest absolute Gasteiger partial charge is 0.496 e. The number of rotatable bonds is 4. The molecule has 0 radical (unpaired) electrons. The van der Waals surface area contributed by atoms with E-state index in [1.54, 1.807) is 31.0 Å². The molecule has 2 aromatic carbocycles. The Morgan fingerprint density at radius 1 is 1.11 bits per heavy atom. The van der Waals surface area contributed by atoms with Crippen LogP contribution in [0.2, 0.25) is 0 Å². The lowest BCUT2D eigenvalue weighted by Gasteiger charge is -2.42. The number of piperidine rings is 1. The molecule has 2 amide bonds. The number of anilines is 1. The molecule has 1 heterocycles. The van der Waals surface area contributed by atoms with Crippen molar-refractivity contribution < 1.29 is 14.3 Å². The molecule has 0 aliphatic carbocycles. The Balaban J connectivity index is 2.16. The minimum Gasteiger partial charge on any atom is -0.496 e. The highest BCUT2D eigenvalue weighted by atomic mass is 16.5. The van der Waals surface area contributed by atoms with Crippen molar-refractivity contribution in [1.82, 2.24) is 4.90 Å². The molecule has 3 rings (SSSR count). The molecule has 142 valence electrons. The summed E-state index contributed by atoms with van der Waals surface area (Å²) in [5.74, 6) is 0.411. The number of ether oxygens (including phenoxy) is 1. The van der Waals surface area contributed by atoms with E-state index in [-0.39, 0.29) is 17.7 Å². The predicted octanol–water partition coefficient (Wildman–Crippen LogP) is 3.58. The van der Waals surface area contributed by atoms with E-state index in [4.69, 9.17) is 4.74 Å². The molecule has 27 heavy (non-hydrogen) atoms. The van der Waals surface area contributed by atoms with Crippen LogP contribution in [0.1, 0.15) is 30.0 Å². The van der Waals surface area contributed by atoms with Crippen molar-refractivity contribution in [2.75, 3.05) is 26.1 Å². The van der Waals surface area contributed by atoms with Crippen molar-refractivity contribution in [1.29, 1.82) is 0 Å². The lowest BCUT2D eigenvalue weighted by atomic mass is 9.82. The summed E-state index contributed by atoms with van der Waals surface area (Å²) in [4.78, 5) is 29.3. The molecule has 0 N–H and O–H groups in total. The number of benzene rings is 2. The van der Waals surface area contributed by atoms with Crippen LogP contribution in [0.15, 0.2) is 48.5 Å². The quantitative estimate of drug-likeness (QED) is 0.831. The normalized spacial score (nSPS) is 19.7. The first-order valence-corrected chi connectivity index (χ1v) is 9.17. The fraction of sp³-hybridized carbons (Fsp3) is 0.364. The van der Waals surface area contributed by atoms with Crippen molar-refractivity contribution in [2.45, 2.75) is 25.8 Å². The highest BCUT2D eigenvalue weighted by Gasteiger charge is 2.43. The second-order valence-corrected chi connectivity index (χ2v) is 7.16. The minimum atomic E-state index is -0.403. The van der Waals surface area contributed by atoms with Gasteiger partial charge in [-0.2, -0.15) is 0 Å². The van der Waals surface area contributed by atoms with Crippen LogP contribution in [0.3, 0.4) is 0 Å². The Labute approximate surface area is 160 Å². The number of hydrogen-bond donors (Lipinski definition) is 0. The smallest absolute Gasteiger partial charge is 0.227 e. The predicted molar refractivity (Wildman–Crippen MR) is 106 cm³/mol. The molecule has 2 atom stereocenters. The van der Waals surface area contributed by atoms with Gasteiger partial charge in [0.15, 0.2) is 0 Å². The summed E-state index contributed by atoms with van der Waals surface area (Å²) in [5, 5.41) is 0. The van der Waals surface area contributed by atoms with Crippen molar-refractivity contribution in [3.8, 4) is 5.75 Å². The zero-order valence-corrected chi connectivity index (χ0v) is 16.3. The molecule has 2 aromatic rings. The third-order valence-corrected chi connectivity index (χ3v) is 5.12. The Bertz CT molecular complexity index is 830. The molecule has 1 aliphatic heterocycles. The second kappa shape index (κ2) is 7.82. The maximum absolute atomic E-state index is 13.0. The van der Waals surface area contributed by atoms with Crippen LogP contribution >= 0.6 is 0 Å². The number of methoxy groups -OCH3 is 1. The van der Waals surface area contributed by atoms with Gasteiger partial charge >= 0.3 is 0 Å². The number of aryl methyl sites for hydroxylation is 1. The van der Waals surface area contributed by atoms with Gasteiger partial charge in [-0.1, -0.05) is 35.9 Å². The third kappa shape index (κ3) is 3.68. The van der Waals surface area contributed by atoms with Crippen LogP contribution in [-0.4, -0.2) is 37.9 Å². The number of hydrogen-bond acceptors (Lipinski definition) is 3. The zero-order chi connectivity index (χ0) is 19.6. The summed E-state index contributed by atoms with van der Waals surface area (Å²) in [6.45, 7) is 2.01. The monoisotopic (exact) mass is 366 g/mol. The fourth-order valence-corrected chi connectivity index (χ4v) is 3.76. The van der Waals surface area contributed by atoms with Crippen LogP contribution in [0, 0.1) is 12.8 Å². The van der Waals surface area contributed by atoms with Gasteiger partial charge in [0.05, 0.1) is 19.1 Å². The van der Waals surface area contributed by atoms with E-state index in [1.165, 1.54) is 0 Å². The van der Waals surface area contributed by atoms with Gasteiger partial charge in [0.1, 0.15) is 5.75 Å². The average molecular weight is 366 g/mol. The molecule has 1 saturated heterocycles. The lowest BCUT2D eigenvalue weighted by Crippen LogP contribution is -2.48. The van der Waals surface area contributed by atoms with Crippen molar-refractivity contribution in [3.05, 3.63) is 59.7 Å². The van der Waals surface area contributed by atoms with Crippen LogP contribution in [-0.2, 0) is 9.59 Å². The van der Waals surface area contributed by atoms with Crippen molar-refractivity contribution in [3.63, 3.8) is 0 Å². The van der Waals surface area contributed by atoms with E-state index in [1.807, 2.05) is 55.5 Å². The highest BCUT2D eigenvalue weighted by molar-refractivity contribution is 5.97. The van der Waals surface area contributed by atoms with E-state index in [0.29, 0.717) is 18.6 Å². The summed E-state index contributed by atoms with van der Waals surface area (Å²) < 4.78 is 5.56. The number of nitrogens with zero attached hydrogens (tertiary/aromatic N) is 2. The van der Waals surface area contributed by atoms with E-state index >= 15 is 0 Å². The first-order chi connectivity index (χ1) is 12.9. The molecular weight excluding hydrogens is 340 g/mol. The molecular formula is C22H26N2O3. The summed E-state index contributed by atoms with van der Waals surface area (Å²) in [6.07, 6.45) is 0.880. The molecule has 0 saturated carbocycles. The number of amides is 2. The zero-order valence-electron chi connectivity index (χ0n) is 16.3. The van der Waals surface area contributed by atoms with Crippen molar-refractivity contribution in [2.24, 2.45) is 5.92 Å². The molecule has 1 fully saturated rings. The van der Waals surface area contributed by atoms with Crippen LogP contribution in [0.5, 0.6) is 5.75 Å². The number of para-hydroxylation sites is 1. The Morgan fingerprint density at radius 2 is 1.78 bits per heavy atom. The summed E-state index contributed by atoms with van der Waals surface area (Å²) >= 11 is 0. The Hall–Kier alpha value is -2.82. The topological polar surface area (TPSA) is 49.9 Å². The van der Waals surface area contributed by atoms with Gasteiger partial charge < -0.3 is 14.5 Å². The molecule has 5 heteroatoms. The number of carbonyl (C=O) groups excluding carboxylic acids is 2. The van der Waals surface area contributed by atoms with Gasteiger partial charge in [-0.25, -0.2) is 0 Å². The van der Waals surface area contributed by atoms with Gasteiger partial charge in [0.25, 0.3) is 0 Å². The van der Waals surface area contributed by atoms with Crippen LogP contribution in [0.25, 0.3) is 0 Å². The molecule has 0 aromatic heterocycles. The Morgan fingerprint density at radius 3 is 2.41 bits per heavy atom. The average Bonchev–Trinajstić information content (AvgIpc) is 2.68. The van der Waals surface area contributed by atoms with Gasteiger partial charge in [-0.05, 0) is 31.5 Å². The van der Waals surface area contributed by atoms with Gasteiger partial charge in [-0.15, -0.1) is 0 Å². The van der Waals surface area contributed by atoms with E-state index in [2.05, 4.69) is 0 Å². The molecule has 0 unspecified atom stereocenters. The maximum Gasteiger partial charge on any atom is 0.227 e.